The Labute approximate surface area is 127 Å². The molecule has 0 unspecified atom stereocenters. The number of benzene rings is 1. The van der Waals surface area contributed by atoms with Crippen LogP contribution in [0.3, 0.4) is 0 Å². The van der Waals surface area contributed by atoms with Gasteiger partial charge in [-0.3, -0.25) is 9.89 Å². The number of nitrogens with one attached hydrogen (secondary N) is 2. The van der Waals surface area contributed by atoms with E-state index in [0.717, 1.165) is 5.39 Å². The second-order valence-corrected chi connectivity index (χ2v) is 5.11. The van der Waals surface area contributed by atoms with E-state index in [2.05, 4.69) is 20.5 Å². The highest BCUT2D eigenvalue weighted by Gasteiger charge is 2.14. The molecule has 0 aliphatic carbocycles. The van der Waals surface area contributed by atoms with Crippen LogP contribution in [0.2, 0.25) is 0 Å². The number of H-pyrrole nitrogens is 1. The van der Waals surface area contributed by atoms with Gasteiger partial charge in [-0.25, -0.2) is 4.98 Å². The summed E-state index contributed by atoms with van der Waals surface area (Å²) in [5.74, 6) is 0.331. The molecule has 3 aromatic rings. The summed E-state index contributed by atoms with van der Waals surface area (Å²) in [4.78, 5) is 16.7. The number of pyridine rings is 1. The van der Waals surface area contributed by atoms with Crippen molar-refractivity contribution in [3.63, 3.8) is 0 Å². The van der Waals surface area contributed by atoms with Gasteiger partial charge >= 0.3 is 0 Å². The first-order chi connectivity index (χ1) is 10.6. The van der Waals surface area contributed by atoms with Gasteiger partial charge in [0, 0.05) is 6.20 Å². The summed E-state index contributed by atoms with van der Waals surface area (Å²) in [7, 11) is 0. The number of amides is 1. The van der Waals surface area contributed by atoms with Gasteiger partial charge in [0.25, 0.3) is 5.91 Å². The van der Waals surface area contributed by atoms with Gasteiger partial charge in [0.15, 0.2) is 5.65 Å². The van der Waals surface area contributed by atoms with Crippen LogP contribution in [0, 0.1) is 0 Å². The molecule has 0 atom stereocenters. The Bertz CT molecular complexity index is 811. The molecule has 2 heterocycles. The average Bonchev–Trinajstić information content (AvgIpc) is 2.96. The molecule has 6 nitrogen and oxygen atoms in total. The minimum absolute atomic E-state index is 0.00421. The summed E-state index contributed by atoms with van der Waals surface area (Å²) in [6.07, 6.45) is 3.25. The zero-order chi connectivity index (χ0) is 15.5. The number of ether oxygens (including phenoxy) is 1. The highest BCUT2D eigenvalue weighted by molar-refractivity contribution is 6.09. The van der Waals surface area contributed by atoms with Crippen LogP contribution in [0.5, 0.6) is 5.75 Å². The third-order valence-electron chi connectivity index (χ3n) is 3.10. The van der Waals surface area contributed by atoms with Gasteiger partial charge in [0.05, 0.1) is 28.9 Å². The maximum atomic E-state index is 12.5. The van der Waals surface area contributed by atoms with Crippen LogP contribution < -0.4 is 10.1 Å². The molecule has 0 aliphatic rings. The summed E-state index contributed by atoms with van der Waals surface area (Å²) >= 11 is 0. The Morgan fingerprint density at radius 1 is 1.27 bits per heavy atom. The van der Waals surface area contributed by atoms with Crippen LogP contribution in [0.1, 0.15) is 24.2 Å². The van der Waals surface area contributed by atoms with E-state index in [1.807, 2.05) is 26.0 Å². The largest absolute Gasteiger partial charge is 0.490 e. The Balaban J connectivity index is 1.90. The van der Waals surface area contributed by atoms with Gasteiger partial charge in [0.2, 0.25) is 0 Å². The number of anilines is 1. The van der Waals surface area contributed by atoms with Crippen LogP contribution in [0.15, 0.2) is 42.7 Å². The zero-order valence-electron chi connectivity index (χ0n) is 12.3. The molecule has 1 amide bonds. The quantitative estimate of drug-likeness (QED) is 0.775. The van der Waals surface area contributed by atoms with Crippen molar-refractivity contribution >= 4 is 22.6 Å². The van der Waals surface area contributed by atoms with Crippen molar-refractivity contribution < 1.29 is 9.53 Å². The molecule has 0 saturated heterocycles. The third kappa shape index (κ3) is 2.76. The summed E-state index contributed by atoms with van der Waals surface area (Å²) < 4.78 is 5.68. The highest BCUT2D eigenvalue weighted by atomic mass is 16.5. The first-order valence-electron chi connectivity index (χ1n) is 7.00. The maximum Gasteiger partial charge on any atom is 0.259 e. The van der Waals surface area contributed by atoms with E-state index in [4.69, 9.17) is 4.74 Å². The van der Waals surface area contributed by atoms with Crippen LogP contribution >= 0.6 is 0 Å². The Morgan fingerprint density at radius 3 is 2.91 bits per heavy atom. The Morgan fingerprint density at radius 2 is 2.09 bits per heavy atom. The van der Waals surface area contributed by atoms with Crippen molar-refractivity contribution in [1.29, 1.82) is 0 Å². The number of rotatable bonds is 4. The topological polar surface area (TPSA) is 79.9 Å². The van der Waals surface area contributed by atoms with Crippen LogP contribution in [-0.2, 0) is 0 Å². The standard InChI is InChI=1S/C16H16N4O2/c1-10(2)22-14-6-4-3-5-11(14)16(21)19-13-7-8-17-15-12(13)9-18-20-15/h3-10H,1-2H3,(H2,17,18,19,20,21). The minimum Gasteiger partial charge on any atom is -0.490 e. The van der Waals surface area contributed by atoms with Crippen molar-refractivity contribution in [3.05, 3.63) is 48.3 Å². The molecule has 0 spiro atoms. The molecule has 1 aromatic carbocycles. The van der Waals surface area contributed by atoms with E-state index in [9.17, 15) is 4.79 Å². The van der Waals surface area contributed by atoms with Crippen molar-refractivity contribution in [2.45, 2.75) is 20.0 Å². The Kier molecular flexibility index (Phi) is 3.74. The van der Waals surface area contributed by atoms with Crippen LogP contribution in [-0.4, -0.2) is 27.2 Å². The lowest BCUT2D eigenvalue weighted by Crippen LogP contribution is -2.15. The minimum atomic E-state index is -0.232. The Hall–Kier alpha value is -2.89. The second kappa shape index (κ2) is 5.85. The van der Waals surface area contributed by atoms with E-state index >= 15 is 0 Å². The number of aromatic nitrogens is 3. The molecule has 0 bridgehead atoms. The van der Waals surface area contributed by atoms with Crippen LogP contribution in [0.4, 0.5) is 5.69 Å². The first-order valence-corrected chi connectivity index (χ1v) is 7.00. The van der Waals surface area contributed by atoms with Crippen molar-refractivity contribution in [2.75, 3.05) is 5.32 Å². The third-order valence-corrected chi connectivity index (χ3v) is 3.10. The monoisotopic (exact) mass is 296 g/mol. The second-order valence-electron chi connectivity index (χ2n) is 5.11. The summed E-state index contributed by atoms with van der Waals surface area (Å²) in [6.45, 7) is 3.85. The summed E-state index contributed by atoms with van der Waals surface area (Å²) in [5, 5.41) is 10.4. The van der Waals surface area contributed by atoms with Gasteiger partial charge in [-0.1, -0.05) is 12.1 Å². The first kappa shape index (κ1) is 14.1. The lowest BCUT2D eigenvalue weighted by atomic mass is 10.1. The number of carbonyl (C=O) groups excluding carboxylic acids is 1. The fourth-order valence-electron chi connectivity index (χ4n) is 2.16. The number of nitrogens with zero attached hydrogens (tertiary/aromatic N) is 2. The van der Waals surface area contributed by atoms with Crippen LogP contribution in [0.25, 0.3) is 11.0 Å². The molecule has 112 valence electrons. The van der Waals surface area contributed by atoms with Gasteiger partial charge in [-0.15, -0.1) is 0 Å². The van der Waals surface area contributed by atoms with E-state index < -0.39 is 0 Å². The molecule has 2 N–H and O–H groups in total. The van der Waals surface area contributed by atoms with E-state index in [1.165, 1.54) is 0 Å². The smallest absolute Gasteiger partial charge is 0.259 e. The molecule has 0 radical (unpaired) electrons. The number of hydrogen-bond acceptors (Lipinski definition) is 4. The molecule has 3 rings (SSSR count). The average molecular weight is 296 g/mol. The molecular formula is C16H16N4O2. The van der Waals surface area contributed by atoms with Crippen molar-refractivity contribution in [3.8, 4) is 5.75 Å². The fourth-order valence-corrected chi connectivity index (χ4v) is 2.16. The van der Waals surface area contributed by atoms with E-state index in [1.54, 1.807) is 30.6 Å². The molecule has 0 aliphatic heterocycles. The van der Waals surface area contributed by atoms with Gasteiger partial charge in [-0.05, 0) is 32.0 Å². The zero-order valence-corrected chi connectivity index (χ0v) is 12.3. The highest BCUT2D eigenvalue weighted by Crippen LogP contribution is 2.23. The fraction of sp³-hybridized carbons (Fsp3) is 0.188. The number of para-hydroxylation sites is 1. The number of aromatic amines is 1. The predicted molar refractivity (Wildman–Crippen MR) is 84.0 cm³/mol. The molecular weight excluding hydrogens is 280 g/mol. The molecule has 2 aromatic heterocycles. The van der Waals surface area contributed by atoms with Crippen molar-refractivity contribution in [2.24, 2.45) is 0 Å². The van der Waals surface area contributed by atoms with E-state index in [0.29, 0.717) is 22.6 Å². The normalized spacial score (nSPS) is 10.9. The summed E-state index contributed by atoms with van der Waals surface area (Å²) in [6, 6.07) is 8.91. The lowest BCUT2D eigenvalue weighted by Gasteiger charge is -2.14. The maximum absolute atomic E-state index is 12.5. The SMILES string of the molecule is CC(C)Oc1ccccc1C(=O)Nc1ccnc2[nH]ncc12. The number of carbonyl (C=O) groups is 1. The number of fused-ring (bicyclic) bond motifs is 1. The van der Waals surface area contributed by atoms with Crippen molar-refractivity contribution in [1.82, 2.24) is 15.2 Å². The van der Waals surface area contributed by atoms with E-state index in [-0.39, 0.29) is 12.0 Å². The van der Waals surface area contributed by atoms with Gasteiger partial charge in [-0.2, -0.15) is 5.10 Å². The molecule has 22 heavy (non-hydrogen) atoms. The van der Waals surface area contributed by atoms with Gasteiger partial charge < -0.3 is 10.1 Å². The number of hydrogen-bond donors (Lipinski definition) is 2. The summed E-state index contributed by atoms with van der Waals surface area (Å²) in [5.41, 5.74) is 1.78. The van der Waals surface area contributed by atoms with Gasteiger partial charge in [0.1, 0.15) is 5.75 Å². The molecule has 0 saturated carbocycles. The lowest BCUT2D eigenvalue weighted by molar-refractivity contribution is 0.102. The molecule has 6 heteroatoms. The predicted octanol–water partition coefficient (Wildman–Crippen LogP) is 3.00. The molecule has 0 fully saturated rings.